The van der Waals surface area contributed by atoms with Gasteiger partial charge in [0.15, 0.2) is 11.5 Å². The number of carboxylic acid groups (broad SMARTS) is 1. The van der Waals surface area contributed by atoms with Gasteiger partial charge in [0.1, 0.15) is 5.82 Å². The number of benzene rings is 1. The third-order valence-electron chi connectivity index (χ3n) is 4.46. The summed E-state index contributed by atoms with van der Waals surface area (Å²) in [7, 11) is 0. The number of amides is 1. The van der Waals surface area contributed by atoms with Crippen molar-refractivity contribution in [2.24, 2.45) is 0 Å². The van der Waals surface area contributed by atoms with Crippen LogP contribution in [0.3, 0.4) is 0 Å². The number of rotatable bonds is 3. The van der Waals surface area contributed by atoms with Crippen LogP contribution < -0.4 is 5.32 Å². The molecule has 0 aliphatic carbocycles. The van der Waals surface area contributed by atoms with Crippen LogP contribution in [0.5, 0.6) is 0 Å². The van der Waals surface area contributed by atoms with Crippen molar-refractivity contribution < 1.29 is 14.7 Å². The number of carbonyl (C=O) groups is 2. The molecule has 1 amide bonds. The minimum Gasteiger partial charge on any atom is -0.476 e. The van der Waals surface area contributed by atoms with Gasteiger partial charge in [-0.3, -0.25) is 4.79 Å². The second kappa shape index (κ2) is 5.66. The van der Waals surface area contributed by atoms with E-state index in [-0.39, 0.29) is 22.7 Å². The van der Waals surface area contributed by atoms with E-state index in [0.717, 1.165) is 29.1 Å². The normalized spacial score (nSPS) is 18.3. The van der Waals surface area contributed by atoms with Crippen LogP contribution in [0.1, 0.15) is 33.9 Å². The Morgan fingerprint density at radius 1 is 1.42 bits per heavy atom. The summed E-state index contributed by atoms with van der Waals surface area (Å²) in [6, 6.07) is 6.18. The molecule has 1 aromatic carbocycles. The lowest BCUT2D eigenvalue weighted by Gasteiger charge is -2.09. The maximum absolute atomic E-state index is 12.6. The van der Waals surface area contributed by atoms with Gasteiger partial charge in [-0.2, -0.15) is 0 Å². The maximum Gasteiger partial charge on any atom is 0.356 e. The second-order valence-electron chi connectivity index (χ2n) is 6.20. The lowest BCUT2D eigenvalue weighted by Crippen LogP contribution is -2.26. The van der Waals surface area contributed by atoms with E-state index in [4.69, 9.17) is 0 Å². The fourth-order valence-electron chi connectivity index (χ4n) is 3.31. The number of thioether (sulfide) groups is 1. The Morgan fingerprint density at radius 3 is 3.04 bits per heavy atom. The van der Waals surface area contributed by atoms with Crippen molar-refractivity contribution in [1.82, 2.24) is 9.55 Å². The number of hydrogen-bond acceptors (Lipinski definition) is 4. The van der Waals surface area contributed by atoms with Crippen LogP contribution in [-0.4, -0.2) is 31.8 Å². The molecule has 1 unspecified atom stereocenters. The van der Waals surface area contributed by atoms with Gasteiger partial charge in [0.25, 0.3) is 0 Å². The first kappa shape index (κ1) is 15.3. The first-order chi connectivity index (χ1) is 11.5. The lowest BCUT2D eigenvalue weighted by molar-refractivity contribution is -0.115. The molecule has 0 saturated heterocycles. The molecule has 2 aliphatic rings. The quantitative estimate of drug-likeness (QED) is 0.894. The summed E-state index contributed by atoms with van der Waals surface area (Å²) in [4.78, 5) is 29.6. The molecule has 24 heavy (non-hydrogen) atoms. The molecular weight excluding hydrogens is 326 g/mol. The van der Waals surface area contributed by atoms with Gasteiger partial charge in [-0.1, -0.05) is 17.7 Å². The number of carbonyl (C=O) groups excluding carboxylic acids is 1. The number of aryl methyl sites for hydroxylation is 2. The molecule has 2 N–H and O–H groups in total. The third kappa shape index (κ3) is 2.49. The Hall–Kier alpha value is -2.28. The van der Waals surface area contributed by atoms with Crippen molar-refractivity contribution >= 4 is 29.5 Å². The standard InChI is InChI=1S/C17H17N3O3S/c1-9-4-5-10-8-12(24-11(10)7-9)16(21)19-15-14(17(22)23)20-6-2-3-13(20)18-15/h4-5,7,12H,2-3,6,8H2,1H3,(H,19,21)(H,22,23). The predicted molar refractivity (Wildman–Crippen MR) is 90.7 cm³/mol. The van der Waals surface area contributed by atoms with Crippen molar-refractivity contribution in [3.05, 3.63) is 40.8 Å². The molecule has 3 heterocycles. The molecule has 124 valence electrons. The first-order valence-electron chi connectivity index (χ1n) is 7.92. The van der Waals surface area contributed by atoms with Gasteiger partial charge in [-0.25, -0.2) is 9.78 Å². The zero-order valence-corrected chi connectivity index (χ0v) is 14.0. The van der Waals surface area contributed by atoms with Crippen LogP contribution in [0.2, 0.25) is 0 Å². The molecular formula is C17H17N3O3S. The number of nitrogens with one attached hydrogen (secondary N) is 1. The summed E-state index contributed by atoms with van der Waals surface area (Å²) in [5.74, 6) is -0.326. The largest absolute Gasteiger partial charge is 0.476 e. The topological polar surface area (TPSA) is 84.2 Å². The fourth-order valence-corrected chi connectivity index (χ4v) is 4.60. The third-order valence-corrected chi connectivity index (χ3v) is 5.76. The van der Waals surface area contributed by atoms with Crippen LogP contribution in [0, 0.1) is 6.92 Å². The molecule has 2 aromatic rings. The summed E-state index contributed by atoms with van der Waals surface area (Å²) in [5, 5.41) is 11.9. The smallest absolute Gasteiger partial charge is 0.356 e. The van der Waals surface area contributed by atoms with Gasteiger partial charge in [0, 0.05) is 17.9 Å². The van der Waals surface area contributed by atoms with Gasteiger partial charge in [-0.15, -0.1) is 11.8 Å². The molecule has 6 nitrogen and oxygen atoms in total. The van der Waals surface area contributed by atoms with E-state index in [9.17, 15) is 14.7 Å². The van der Waals surface area contributed by atoms with Gasteiger partial charge < -0.3 is 15.0 Å². The number of aromatic nitrogens is 2. The zero-order valence-electron chi connectivity index (χ0n) is 13.2. The molecule has 1 aromatic heterocycles. The van der Waals surface area contributed by atoms with Crippen molar-refractivity contribution in [3.63, 3.8) is 0 Å². The van der Waals surface area contributed by atoms with Crippen LogP contribution >= 0.6 is 11.8 Å². The molecule has 0 fully saturated rings. The van der Waals surface area contributed by atoms with E-state index in [1.807, 2.05) is 13.0 Å². The number of aromatic carboxylic acids is 1. The highest BCUT2D eigenvalue weighted by Gasteiger charge is 2.31. The van der Waals surface area contributed by atoms with E-state index in [1.54, 1.807) is 4.57 Å². The summed E-state index contributed by atoms with van der Waals surface area (Å²) >= 11 is 1.53. The number of anilines is 1. The molecule has 4 rings (SSSR count). The lowest BCUT2D eigenvalue weighted by atomic mass is 10.1. The average Bonchev–Trinajstić information content (AvgIpc) is 3.19. The zero-order chi connectivity index (χ0) is 16.8. The Kier molecular flexibility index (Phi) is 3.60. The number of imidazole rings is 1. The predicted octanol–water partition coefficient (Wildman–Crippen LogP) is 2.49. The Balaban J connectivity index is 1.55. The highest BCUT2D eigenvalue weighted by Crippen LogP contribution is 2.38. The van der Waals surface area contributed by atoms with Gasteiger partial charge >= 0.3 is 5.97 Å². The van der Waals surface area contributed by atoms with Crippen molar-refractivity contribution in [2.45, 2.75) is 42.9 Å². The van der Waals surface area contributed by atoms with Crippen molar-refractivity contribution in [1.29, 1.82) is 0 Å². The van der Waals surface area contributed by atoms with Gasteiger partial charge in [0.05, 0.1) is 5.25 Å². The van der Waals surface area contributed by atoms with E-state index in [1.165, 1.54) is 17.3 Å². The minimum atomic E-state index is -1.05. The van der Waals surface area contributed by atoms with E-state index < -0.39 is 5.97 Å². The average molecular weight is 343 g/mol. The fraction of sp³-hybridized carbons (Fsp3) is 0.353. The highest BCUT2D eigenvalue weighted by molar-refractivity contribution is 8.01. The summed E-state index contributed by atoms with van der Waals surface area (Å²) < 4.78 is 1.69. The monoisotopic (exact) mass is 343 g/mol. The van der Waals surface area contributed by atoms with Crippen LogP contribution in [0.15, 0.2) is 23.1 Å². The molecule has 0 radical (unpaired) electrons. The van der Waals surface area contributed by atoms with Gasteiger partial charge in [0.2, 0.25) is 5.91 Å². The van der Waals surface area contributed by atoms with E-state index in [2.05, 4.69) is 22.4 Å². The van der Waals surface area contributed by atoms with Crippen LogP contribution in [0.25, 0.3) is 0 Å². The molecule has 0 bridgehead atoms. The Morgan fingerprint density at radius 2 is 2.25 bits per heavy atom. The number of nitrogens with zero attached hydrogens (tertiary/aromatic N) is 2. The van der Waals surface area contributed by atoms with E-state index >= 15 is 0 Å². The molecule has 7 heteroatoms. The molecule has 0 saturated carbocycles. The van der Waals surface area contributed by atoms with Crippen LogP contribution in [-0.2, 0) is 24.2 Å². The summed E-state index contributed by atoms with van der Waals surface area (Å²) in [6.07, 6.45) is 2.30. The summed E-state index contributed by atoms with van der Waals surface area (Å²) in [5.41, 5.74) is 2.42. The second-order valence-corrected chi connectivity index (χ2v) is 7.44. The first-order valence-corrected chi connectivity index (χ1v) is 8.80. The van der Waals surface area contributed by atoms with Crippen molar-refractivity contribution in [2.75, 3.05) is 5.32 Å². The van der Waals surface area contributed by atoms with E-state index in [0.29, 0.717) is 13.0 Å². The Bertz CT molecular complexity index is 859. The summed E-state index contributed by atoms with van der Waals surface area (Å²) in [6.45, 7) is 2.67. The number of fused-ring (bicyclic) bond motifs is 2. The highest BCUT2D eigenvalue weighted by atomic mass is 32.2. The Labute approximate surface area is 143 Å². The maximum atomic E-state index is 12.6. The van der Waals surface area contributed by atoms with Crippen LogP contribution in [0.4, 0.5) is 5.82 Å². The minimum absolute atomic E-state index is 0.0900. The molecule has 0 spiro atoms. The SMILES string of the molecule is Cc1ccc2c(c1)SC(C(=O)Nc1nc3n(c1C(=O)O)CCC3)C2. The number of carboxylic acids is 1. The number of hydrogen-bond donors (Lipinski definition) is 2. The molecule has 2 aliphatic heterocycles. The molecule has 1 atom stereocenters. The van der Waals surface area contributed by atoms with Crippen molar-refractivity contribution in [3.8, 4) is 0 Å². The van der Waals surface area contributed by atoms with Gasteiger partial charge in [-0.05, 0) is 31.4 Å².